The van der Waals surface area contributed by atoms with Gasteiger partial charge in [-0.15, -0.1) is 0 Å². The van der Waals surface area contributed by atoms with Crippen LogP contribution in [0.4, 0.5) is 14.9 Å². The zero-order valence-electron chi connectivity index (χ0n) is 12.3. The number of imide groups is 2. The summed E-state index contributed by atoms with van der Waals surface area (Å²) >= 11 is 0. The maximum atomic E-state index is 13.9. The van der Waals surface area contributed by atoms with Crippen LogP contribution in [0.25, 0.3) is 0 Å². The molecule has 0 bridgehead atoms. The van der Waals surface area contributed by atoms with E-state index < -0.39 is 29.6 Å². The van der Waals surface area contributed by atoms with Gasteiger partial charge in [-0.2, -0.15) is 0 Å². The average molecular weight is 329 g/mol. The minimum absolute atomic E-state index is 0.137. The summed E-state index contributed by atoms with van der Waals surface area (Å²) in [4.78, 5) is 40.8. The van der Waals surface area contributed by atoms with Crippen molar-refractivity contribution < 1.29 is 23.2 Å². The van der Waals surface area contributed by atoms with Crippen molar-refractivity contribution in [1.29, 1.82) is 0 Å². The maximum absolute atomic E-state index is 13.9. The molecule has 1 aliphatic heterocycles. The number of hydrogen-bond donors (Lipinski definition) is 1. The van der Waals surface area contributed by atoms with Crippen LogP contribution in [0.2, 0.25) is 0 Å². The summed E-state index contributed by atoms with van der Waals surface area (Å²) < 4.78 is 19.0. The van der Waals surface area contributed by atoms with Crippen molar-refractivity contribution >= 4 is 29.7 Å². The van der Waals surface area contributed by atoms with Gasteiger partial charge >= 0.3 is 6.03 Å². The molecular weight excluding hydrogens is 317 g/mol. The van der Waals surface area contributed by atoms with Gasteiger partial charge in [-0.05, 0) is 24.3 Å². The summed E-state index contributed by atoms with van der Waals surface area (Å²) in [5, 5.41) is 2.03. The van der Waals surface area contributed by atoms with Crippen LogP contribution < -0.4 is 10.2 Å². The van der Waals surface area contributed by atoms with Gasteiger partial charge in [-0.1, -0.05) is 12.1 Å². The van der Waals surface area contributed by atoms with Crippen molar-refractivity contribution in [3.8, 4) is 0 Å². The molecule has 7 nitrogen and oxygen atoms in total. The van der Waals surface area contributed by atoms with E-state index in [2.05, 4.69) is 4.99 Å². The third kappa shape index (κ3) is 2.94. The first kappa shape index (κ1) is 15.6. The first-order valence-electron chi connectivity index (χ1n) is 7.03. The lowest BCUT2D eigenvalue weighted by Gasteiger charge is -2.28. The fourth-order valence-corrected chi connectivity index (χ4v) is 2.23. The van der Waals surface area contributed by atoms with Crippen LogP contribution in [-0.4, -0.2) is 24.1 Å². The lowest BCUT2D eigenvalue weighted by molar-refractivity contribution is -0.131. The summed E-state index contributed by atoms with van der Waals surface area (Å²) in [6.45, 7) is 0.137. The van der Waals surface area contributed by atoms with Gasteiger partial charge in [-0.3, -0.25) is 19.9 Å². The van der Waals surface area contributed by atoms with Gasteiger partial charge < -0.3 is 4.42 Å². The van der Waals surface area contributed by atoms with E-state index in [9.17, 15) is 18.8 Å². The lowest BCUT2D eigenvalue weighted by Crippen LogP contribution is -2.58. The van der Waals surface area contributed by atoms with E-state index >= 15 is 0 Å². The average Bonchev–Trinajstić information content (AvgIpc) is 3.05. The number of amides is 4. The molecule has 8 heteroatoms. The Morgan fingerprint density at radius 2 is 2.00 bits per heavy atom. The second kappa shape index (κ2) is 6.45. The molecular formula is C16H12FN3O4. The van der Waals surface area contributed by atoms with E-state index in [-0.39, 0.29) is 12.2 Å². The van der Waals surface area contributed by atoms with E-state index in [0.717, 1.165) is 12.3 Å². The molecule has 0 spiro atoms. The Labute approximate surface area is 135 Å². The number of nitrogens with one attached hydrogen (secondary N) is 1. The zero-order chi connectivity index (χ0) is 17.1. The normalized spacial score (nSPS) is 18.3. The van der Waals surface area contributed by atoms with Gasteiger partial charge in [-0.25, -0.2) is 14.1 Å². The third-order valence-electron chi connectivity index (χ3n) is 3.38. The van der Waals surface area contributed by atoms with Crippen LogP contribution >= 0.6 is 0 Å². The number of carbonyl (C=O) groups excluding carboxylic acids is 3. The Hall–Kier alpha value is -3.29. The molecule has 1 fully saturated rings. The molecule has 24 heavy (non-hydrogen) atoms. The number of urea groups is 1. The van der Waals surface area contributed by atoms with Gasteiger partial charge in [0, 0.05) is 6.21 Å². The number of carbonyl (C=O) groups is 3. The molecule has 2 aromatic rings. The first-order chi connectivity index (χ1) is 11.6. The fourth-order valence-electron chi connectivity index (χ4n) is 2.23. The monoisotopic (exact) mass is 329 g/mol. The Morgan fingerprint density at radius 1 is 1.21 bits per heavy atom. The quantitative estimate of drug-likeness (QED) is 0.685. The Balaban J connectivity index is 1.83. The maximum Gasteiger partial charge on any atom is 0.335 e. The number of barbiturate groups is 1. The van der Waals surface area contributed by atoms with Crippen LogP contribution in [0.5, 0.6) is 0 Å². The highest BCUT2D eigenvalue weighted by Crippen LogP contribution is 2.23. The van der Waals surface area contributed by atoms with Crippen LogP contribution in [0, 0.1) is 11.7 Å². The van der Waals surface area contributed by atoms with E-state index in [0.29, 0.717) is 10.7 Å². The Kier molecular flexibility index (Phi) is 4.19. The van der Waals surface area contributed by atoms with E-state index in [1.807, 2.05) is 5.32 Å². The summed E-state index contributed by atoms with van der Waals surface area (Å²) in [6, 6.07) is 7.68. The van der Waals surface area contributed by atoms with Crippen LogP contribution in [0.3, 0.4) is 0 Å². The topological polar surface area (TPSA) is 92.0 Å². The second-order valence-electron chi connectivity index (χ2n) is 4.97. The van der Waals surface area contributed by atoms with Crippen molar-refractivity contribution in [3.63, 3.8) is 0 Å². The molecule has 1 atom stereocenters. The molecule has 1 saturated heterocycles. The zero-order valence-corrected chi connectivity index (χ0v) is 12.3. The second-order valence-corrected chi connectivity index (χ2v) is 4.97. The molecule has 1 aliphatic rings. The Bertz CT molecular complexity index is 816. The highest BCUT2D eigenvalue weighted by Gasteiger charge is 2.41. The Morgan fingerprint density at radius 3 is 2.71 bits per heavy atom. The first-order valence-corrected chi connectivity index (χ1v) is 7.03. The van der Waals surface area contributed by atoms with Crippen LogP contribution in [0.1, 0.15) is 5.76 Å². The number of benzene rings is 1. The summed E-state index contributed by atoms with van der Waals surface area (Å²) in [6.07, 6.45) is 2.60. The van der Waals surface area contributed by atoms with Gasteiger partial charge in [0.1, 0.15) is 11.6 Å². The molecule has 0 saturated carbocycles. The smallest absolute Gasteiger partial charge is 0.335 e. The van der Waals surface area contributed by atoms with E-state index in [4.69, 9.17) is 4.42 Å². The minimum Gasteiger partial charge on any atom is -0.467 e. The molecule has 0 radical (unpaired) electrons. The summed E-state index contributed by atoms with van der Waals surface area (Å²) in [5.41, 5.74) is -0.225. The fraction of sp³-hybridized carbons (Fsp3) is 0.125. The SMILES string of the molecule is O=C1NC(=O)N(c2ccccc2F)C(=O)[C@@H]1C=NCc1ccco1. The number of aliphatic imine (C=N–C) groups is 1. The summed E-state index contributed by atoms with van der Waals surface area (Å²) in [5.74, 6) is -3.19. The minimum atomic E-state index is -1.32. The van der Waals surface area contributed by atoms with Crippen molar-refractivity contribution in [2.75, 3.05) is 4.90 Å². The number of nitrogens with zero attached hydrogens (tertiary/aromatic N) is 2. The van der Waals surface area contributed by atoms with Crippen molar-refractivity contribution in [3.05, 3.63) is 54.2 Å². The molecule has 0 unspecified atom stereocenters. The number of halogens is 1. The largest absolute Gasteiger partial charge is 0.467 e. The van der Waals surface area contributed by atoms with Gasteiger partial charge in [0.25, 0.3) is 5.91 Å². The predicted octanol–water partition coefficient (Wildman–Crippen LogP) is 1.89. The number of hydrogen-bond acceptors (Lipinski definition) is 5. The van der Waals surface area contributed by atoms with Crippen LogP contribution in [0.15, 0.2) is 52.1 Å². The molecule has 122 valence electrons. The van der Waals surface area contributed by atoms with E-state index in [1.165, 1.54) is 24.5 Å². The van der Waals surface area contributed by atoms with Gasteiger partial charge in [0.05, 0.1) is 18.5 Å². The lowest BCUT2D eigenvalue weighted by atomic mass is 10.1. The highest BCUT2D eigenvalue weighted by molar-refractivity contribution is 6.32. The standard InChI is InChI=1S/C16H12FN3O4/c17-12-5-1-2-6-13(12)20-15(22)11(14(21)19-16(20)23)9-18-8-10-4-3-7-24-10/h1-7,9,11H,8H2,(H,19,21,23)/t11-/m1/s1. The van der Waals surface area contributed by atoms with Crippen molar-refractivity contribution in [2.45, 2.75) is 6.54 Å². The number of furan rings is 1. The molecule has 0 aliphatic carbocycles. The molecule has 1 aromatic heterocycles. The summed E-state index contributed by atoms with van der Waals surface area (Å²) in [7, 11) is 0. The molecule has 3 rings (SSSR count). The molecule has 2 heterocycles. The number of rotatable bonds is 4. The van der Waals surface area contributed by atoms with Gasteiger partial charge in [0.2, 0.25) is 5.91 Å². The van der Waals surface area contributed by atoms with E-state index in [1.54, 1.807) is 12.1 Å². The van der Waals surface area contributed by atoms with Crippen molar-refractivity contribution in [1.82, 2.24) is 5.32 Å². The third-order valence-corrected chi connectivity index (χ3v) is 3.38. The van der Waals surface area contributed by atoms with Gasteiger partial charge in [0.15, 0.2) is 5.92 Å². The van der Waals surface area contributed by atoms with Crippen LogP contribution in [-0.2, 0) is 16.1 Å². The number of anilines is 1. The van der Waals surface area contributed by atoms with Crippen molar-refractivity contribution in [2.24, 2.45) is 10.9 Å². The highest BCUT2D eigenvalue weighted by atomic mass is 19.1. The molecule has 4 amide bonds. The molecule has 1 aromatic carbocycles. The molecule has 1 N–H and O–H groups in total. The number of para-hydroxylation sites is 1. The predicted molar refractivity (Wildman–Crippen MR) is 81.8 cm³/mol.